The number of hydrogen-bond acceptors (Lipinski definition) is 8. The Morgan fingerprint density at radius 1 is 1.27 bits per heavy atom. The van der Waals surface area contributed by atoms with Crippen LogP contribution >= 0.6 is 27.3 Å². The Labute approximate surface area is 185 Å². The number of carbonyl (C=O) groups is 1. The van der Waals surface area contributed by atoms with Crippen LogP contribution in [0.2, 0.25) is 0 Å². The van der Waals surface area contributed by atoms with Crippen molar-refractivity contribution in [3.63, 3.8) is 0 Å². The molecule has 1 aromatic heterocycles. The maximum Gasteiger partial charge on any atom is 0.410 e. The Hall–Kier alpha value is -2.21. The molecule has 0 radical (unpaired) electrons. The Bertz CT molecular complexity index is 913. The zero-order chi connectivity index (χ0) is 22.1. The highest BCUT2D eigenvalue weighted by Crippen LogP contribution is 2.37. The lowest BCUT2D eigenvalue weighted by molar-refractivity contribution is 0.0240. The van der Waals surface area contributed by atoms with Crippen molar-refractivity contribution >= 4 is 55.6 Å². The molecule has 1 aromatic carbocycles. The van der Waals surface area contributed by atoms with Gasteiger partial charge in [0.05, 0.1) is 17.1 Å². The van der Waals surface area contributed by atoms with Gasteiger partial charge in [-0.05, 0) is 32.9 Å². The van der Waals surface area contributed by atoms with E-state index in [1.165, 1.54) is 0 Å². The van der Waals surface area contributed by atoms with Gasteiger partial charge in [0.1, 0.15) is 5.60 Å². The minimum absolute atomic E-state index is 0.232. The molecule has 8 nitrogen and oxygen atoms in total. The number of aromatic nitrogens is 2. The molecular formula is C18H23BrF2N6O2S. The van der Waals surface area contributed by atoms with Gasteiger partial charge in [-0.15, -0.1) is 10.2 Å². The van der Waals surface area contributed by atoms with Crippen LogP contribution in [0.25, 0.3) is 0 Å². The van der Waals surface area contributed by atoms with E-state index in [1.54, 1.807) is 11.0 Å². The van der Waals surface area contributed by atoms with E-state index in [0.29, 0.717) is 37.6 Å². The number of alkyl halides is 2. The maximum absolute atomic E-state index is 12.8. The van der Waals surface area contributed by atoms with Gasteiger partial charge in [-0.2, -0.15) is 0 Å². The third-order valence-corrected chi connectivity index (χ3v) is 5.57. The van der Waals surface area contributed by atoms with E-state index >= 15 is 0 Å². The van der Waals surface area contributed by atoms with Crippen LogP contribution in [0, 0.1) is 0 Å². The van der Waals surface area contributed by atoms with Crippen molar-refractivity contribution in [2.75, 3.05) is 42.1 Å². The van der Waals surface area contributed by atoms with Crippen LogP contribution < -0.4 is 16.0 Å². The second-order valence-corrected chi connectivity index (χ2v) is 9.64. The summed E-state index contributed by atoms with van der Waals surface area (Å²) in [6.07, 6.45) is -3.01. The third-order valence-electron chi connectivity index (χ3n) is 4.26. The summed E-state index contributed by atoms with van der Waals surface area (Å²) in [5, 5.41) is 10.1. The third kappa shape index (κ3) is 5.48. The first kappa shape index (κ1) is 22.5. The number of halogens is 3. The summed E-state index contributed by atoms with van der Waals surface area (Å²) in [6.45, 7) is 7.65. The van der Waals surface area contributed by atoms with E-state index in [0.717, 1.165) is 21.5 Å². The first-order valence-corrected chi connectivity index (χ1v) is 10.8. The van der Waals surface area contributed by atoms with E-state index in [1.807, 2.05) is 26.8 Å². The molecule has 2 aromatic rings. The van der Waals surface area contributed by atoms with Crippen LogP contribution in [0.5, 0.6) is 0 Å². The second-order valence-electron chi connectivity index (χ2n) is 7.71. The van der Waals surface area contributed by atoms with Crippen molar-refractivity contribution in [3.8, 4) is 0 Å². The van der Waals surface area contributed by atoms with Crippen LogP contribution in [0.4, 0.5) is 35.8 Å². The molecule has 1 amide bonds. The number of piperazine rings is 1. The average Bonchev–Trinajstić information content (AvgIpc) is 3.12. The molecule has 0 bridgehead atoms. The second kappa shape index (κ2) is 8.88. The fourth-order valence-electron chi connectivity index (χ4n) is 2.91. The minimum atomic E-state index is -2.67. The van der Waals surface area contributed by atoms with E-state index in [9.17, 15) is 13.6 Å². The monoisotopic (exact) mass is 504 g/mol. The average molecular weight is 505 g/mol. The number of carbonyl (C=O) groups excluding carboxylic acids is 1. The number of nitrogens with one attached hydrogen (secondary N) is 1. The van der Waals surface area contributed by atoms with Gasteiger partial charge in [0.2, 0.25) is 5.13 Å². The molecule has 1 fully saturated rings. The van der Waals surface area contributed by atoms with E-state index in [-0.39, 0.29) is 16.2 Å². The molecule has 2 heterocycles. The molecule has 12 heteroatoms. The lowest BCUT2D eigenvalue weighted by atomic mass is 10.2. The number of nitrogens with two attached hydrogens (primary N) is 1. The lowest BCUT2D eigenvalue weighted by Crippen LogP contribution is -2.50. The fraction of sp³-hybridized carbons (Fsp3) is 0.500. The topological polar surface area (TPSA) is 96.6 Å². The lowest BCUT2D eigenvalue weighted by Gasteiger charge is -2.37. The normalized spacial score (nSPS) is 14.9. The number of rotatable bonds is 4. The smallest absolute Gasteiger partial charge is 0.410 e. The van der Waals surface area contributed by atoms with Crippen molar-refractivity contribution in [2.45, 2.75) is 32.8 Å². The van der Waals surface area contributed by atoms with Crippen LogP contribution in [0.3, 0.4) is 0 Å². The van der Waals surface area contributed by atoms with Gasteiger partial charge in [-0.3, -0.25) is 0 Å². The predicted octanol–water partition coefficient (Wildman–Crippen LogP) is 4.62. The van der Waals surface area contributed by atoms with Crippen molar-refractivity contribution in [3.05, 3.63) is 21.6 Å². The molecule has 164 valence electrons. The maximum atomic E-state index is 12.8. The first-order chi connectivity index (χ1) is 14.0. The first-order valence-electron chi connectivity index (χ1n) is 9.24. The van der Waals surface area contributed by atoms with E-state index in [2.05, 4.69) is 36.3 Å². The molecule has 3 N–H and O–H groups in total. The number of hydrogen-bond donors (Lipinski definition) is 2. The van der Waals surface area contributed by atoms with Crippen molar-refractivity contribution < 1.29 is 18.3 Å². The van der Waals surface area contributed by atoms with Crippen molar-refractivity contribution in [1.29, 1.82) is 0 Å². The predicted molar refractivity (Wildman–Crippen MR) is 117 cm³/mol. The van der Waals surface area contributed by atoms with Crippen LogP contribution in [0.1, 0.15) is 32.2 Å². The van der Waals surface area contributed by atoms with Gasteiger partial charge in [0, 0.05) is 30.7 Å². The number of benzene rings is 1. The van der Waals surface area contributed by atoms with Gasteiger partial charge < -0.3 is 25.6 Å². The summed E-state index contributed by atoms with van der Waals surface area (Å²) >= 11 is 4.24. The Balaban J connectivity index is 1.72. The largest absolute Gasteiger partial charge is 0.444 e. The molecule has 0 saturated carbocycles. The highest BCUT2D eigenvalue weighted by Gasteiger charge is 2.27. The molecule has 1 aliphatic rings. The molecule has 0 atom stereocenters. The zero-order valence-corrected chi connectivity index (χ0v) is 19.2. The fourth-order valence-corrected chi connectivity index (χ4v) is 3.97. The molecule has 0 spiro atoms. The number of amides is 1. The van der Waals surface area contributed by atoms with Gasteiger partial charge in [0.15, 0.2) is 5.01 Å². The summed E-state index contributed by atoms with van der Waals surface area (Å²) in [5.74, 6) is 0. The summed E-state index contributed by atoms with van der Waals surface area (Å²) in [6, 6.07) is 3.63. The van der Waals surface area contributed by atoms with Gasteiger partial charge in [-0.25, -0.2) is 13.6 Å². The summed E-state index contributed by atoms with van der Waals surface area (Å²) in [5.41, 5.74) is 7.57. The Morgan fingerprint density at radius 2 is 1.93 bits per heavy atom. The standard InChI is InChI=1S/C18H23BrF2N6O2S/c1-18(2,3)29-17(28)27-6-4-26(5-7-27)12-9-10(19)8-11(13(12)22)23-16-25-24-15(30-16)14(20)21/h8-9,14H,4-7,22H2,1-3H3,(H,23,25). The van der Waals surface area contributed by atoms with Crippen LogP contribution in [0.15, 0.2) is 16.6 Å². The minimum Gasteiger partial charge on any atom is -0.444 e. The SMILES string of the molecule is CC(C)(C)OC(=O)N1CCN(c2cc(Br)cc(Nc3nnc(C(F)F)s3)c2N)CC1. The molecule has 0 unspecified atom stereocenters. The highest BCUT2D eigenvalue weighted by molar-refractivity contribution is 9.10. The van der Waals surface area contributed by atoms with E-state index < -0.39 is 12.0 Å². The summed E-state index contributed by atoms with van der Waals surface area (Å²) in [7, 11) is 0. The number of nitrogens with zero attached hydrogens (tertiary/aromatic N) is 4. The number of ether oxygens (including phenoxy) is 1. The molecule has 1 saturated heterocycles. The molecule has 0 aliphatic carbocycles. The van der Waals surface area contributed by atoms with Crippen molar-refractivity contribution in [1.82, 2.24) is 15.1 Å². The summed E-state index contributed by atoms with van der Waals surface area (Å²) in [4.78, 5) is 16.0. The highest BCUT2D eigenvalue weighted by atomic mass is 79.9. The van der Waals surface area contributed by atoms with Crippen molar-refractivity contribution in [2.24, 2.45) is 0 Å². The van der Waals surface area contributed by atoms with Gasteiger partial charge in [-0.1, -0.05) is 27.3 Å². The van der Waals surface area contributed by atoms with Crippen LogP contribution in [-0.4, -0.2) is 53.0 Å². The summed E-state index contributed by atoms with van der Waals surface area (Å²) < 4.78 is 31.7. The molecule has 3 rings (SSSR count). The van der Waals surface area contributed by atoms with Gasteiger partial charge in [0.25, 0.3) is 6.43 Å². The quantitative estimate of drug-likeness (QED) is 0.586. The number of anilines is 4. The Kier molecular flexibility index (Phi) is 6.65. The zero-order valence-electron chi connectivity index (χ0n) is 16.8. The molecule has 30 heavy (non-hydrogen) atoms. The van der Waals surface area contributed by atoms with Crippen LogP contribution in [-0.2, 0) is 4.74 Å². The Morgan fingerprint density at radius 3 is 2.50 bits per heavy atom. The number of nitrogen functional groups attached to an aromatic ring is 1. The molecular weight excluding hydrogens is 482 g/mol. The van der Waals surface area contributed by atoms with Gasteiger partial charge >= 0.3 is 6.09 Å². The van der Waals surface area contributed by atoms with E-state index in [4.69, 9.17) is 10.5 Å². The molecule has 1 aliphatic heterocycles.